The molecule has 0 atom stereocenters. The standard InChI is InChI=1S/C15H22N2O2/c1-2-15(7-8-15)11-17-9-12-3-5-13(6-4-12)19-10-14(16)18/h3-6,17H,2,7-11H2,1H3,(H2,16,18). The minimum absolute atomic E-state index is 0.0728. The summed E-state index contributed by atoms with van der Waals surface area (Å²) in [4.78, 5) is 10.6. The van der Waals surface area contributed by atoms with Gasteiger partial charge in [-0.3, -0.25) is 4.79 Å². The van der Waals surface area contributed by atoms with Gasteiger partial charge in [0.25, 0.3) is 5.91 Å². The molecule has 1 saturated carbocycles. The van der Waals surface area contributed by atoms with Crippen LogP contribution in [-0.2, 0) is 11.3 Å². The third kappa shape index (κ3) is 4.24. The third-order valence-electron chi connectivity index (χ3n) is 3.84. The number of hydrogen-bond acceptors (Lipinski definition) is 3. The van der Waals surface area contributed by atoms with Crippen molar-refractivity contribution in [2.24, 2.45) is 11.1 Å². The van der Waals surface area contributed by atoms with Crippen molar-refractivity contribution in [3.8, 4) is 5.75 Å². The van der Waals surface area contributed by atoms with Gasteiger partial charge in [0.1, 0.15) is 5.75 Å². The maximum absolute atomic E-state index is 10.6. The Morgan fingerprint density at radius 2 is 2.05 bits per heavy atom. The molecule has 1 fully saturated rings. The number of carbonyl (C=O) groups is 1. The first-order valence-electron chi connectivity index (χ1n) is 6.84. The molecule has 0 unspecified atom stereocenters. The maximum atomic E-state index is 10.6. The Hall–Kier alpha value is -1.55. The first-order chi connectivity index (χ1) is 9.13. The molecule has 1 aromatic rings. The van der Waals surface area contributed by atoms with Crippen molar-refractivity contribution in [2.45, 2.75) is 32.7 Å². The van der Waals surface area contributed by atoms with Gasteiger partial charge in [0.2, 0.25) is 0 Å². The summed E-state index contributed by atoms with van der Waals surface area (Å²) in [6.45, 7) is 4.16. The van der Waals surface area contributed by atoms with Crippen LogP contribution in [0.25, 0.3) is 0 Å². The summed E-state index contributed by atoms with van der Waals surface area (Å²) in [6.07, 6.45) is 3.98. The number of nitrogens with two attached hydrogens (primary N) is 1. The number of primary amides is 1. The smallest absolute Gasteiger partial charge is 0.255 e. The zero-order chi connectivity index (χ0) is 13.7. The second-order valence-corrected chi connectivity index (χ2v) is 5.36. The van der Waals surface area contributed by atoms with Gasteiger partial charge in [-0.2, -0.15) is 0 Å². The van der Waals surface area contributed by atoms with E-state index < -0.39 is 5.91 Å². The number of rotatable bonds is 8. The van der Waals surface area contributed by atoms with Gasteiger partial charge in [0.05, 0.1) is 0 Å². The highest BCUT2D eigenvalue weighted by molar-refractivity contribution is 5.75. The maximum Gasteiger partial charge on any atom is 0.255 e. The van der Waals surface area contributed by atoms with Gasteiger partial charge in [-0.05, 0) is 42.4 Å². The van der Waals surface area contributed by atoms with Crippen molar-refractivity contribution in [1.29, 1.82) is 0 Å². The minimum Gasteiger partial charge on any atom is -0.484 e. The summed E-state index contributed by atoms with van der Waals surface area (Å²) in [5, 5.41) is 3.51. The molecule has 4 nitrogen and oxygen atoms in total. The molecule has 19 heavy (non-hydrogen) atoms. The monoisotopic (exact) mass is 262 g/mol. The van der Waals surface area contributed by atoms with Gasteiger partial charge in [-0.15, -0.1) is 0 Å². The number of benzene rings is 1. The number of nitrogens with one attached hydrogen (secondary N) is 1. The van der Waals surface area contributed by atoms with E-state index in [1.165, 1.54) is 24.8 Å². The fraction of sp³-hybridized carbons (Fsp3) is 0.533. The van der Waals surface area contributed by atoms with E-state index in [0.29, 0.717) is 11.2 Å². The van der Waals surface area contributed by atoms with E-state index in [-0.39, 0.29) is 6.61 Å². The predicted octanol–water partition coefficient (Wildman–Crippen LogP) is 1.83. The van der Waals surface area contributed by atoms with Crippen LogP contribution in [0.2, 0.25) is 0 Å². The average Bonchev–Trinajstić information content (AvgIpc) is 3.18. The Labute approximate surface area is 114 Å². The zero-order valence-corrected chi connectivity index (χ0v) is 11.4. The SMILES string of the molecule is CCC1(CNCc2ccc(OCC(N)=O)cc2)CC1. The summed E-state index contributed by atoms with van der Waals surface area (Å²) in [6, 6.07) is 7.75. The summed E-state index contributed by atoms with van der Waals surface area (Å²) in [5.74, 6) is 0.217. The highest BCUT2D eigenvalue weighted by Gasteiger charge is 2.39. The van der Waals surface area contributed by atoms with Crippen molar-refractivity contribution >= 4 is 5.91 Å². The van der Waals surface area contributed by atoms with E-state index in [1.54, 1.807) is 0 Å². The topological polar surface area (TPSA) is 64.3 Å². The number of hydrogen-bond donors (Lipinski definition) is 2. The Morgan fingerprint density at radius 1 is 1.37 bits per heavy atom. The Morgan fingerprint density at radius 3 is 2.58 bits per heavy atom. The molecule has 2 rings (SSSR count). The molecule has 0 heterocycles. The van der Waals surface area contributed by atoms with E-state index in [0.717, 1.165) is 13.1 Å². The van der Waals surface area contributed by atoms with Gasteiger partial charge in [-0.1, -0.05) is 19.1 Å². The fourth-order valence-corrected chi connectivity index (χ4v) is 2.16. The van der Waals surface area contributed by atoms with Crippen LogP contribution in [0, 0.1) is 5.41 Å². The Balaban J connectivity index is 1.74. The van der Waals surface area contributed by atoms with Gasteiger partial charge in [0.15, 0.2) is 6.61 Å². The molecule has 0 saturated heterocycles. The molecule has 0 spiro atoms. The van der Waals surface area contributed by atoms with Crippen LogP contribution < -0.4 is 15.8 Å². The van der Waals surface area contributed by atoms with E-state index in [2.05, 4.69) is 12.2 Å². The summed E-state index contributed by atoms with van der Waals surface area (Å²) in [7, 11) is 0. The van der Waals surface area contributed by atoms with E-state index >= 15 is 0 Å². The first-order valence-corrected chi connectivity index (χ1v) is 6.84. The minimum atomic E-state index is -0.458. The van der Waals surface area contributed by atoms with Gasteiger partial charge in [0, 0.05) is 13.1 Å². The van der Waals surface area contributed by atoms with E-state index in [4.69, 9.17) is 10.5 Å². The molecule has 1 amide bonds. The fourth-order valence-electron chi connectivity index (χ4n) is 2.16. The number of ether oxygens (including phenoxy) is 1. The average molecular weight is 262 g/mol. The summed E-state index contributed by atoms with van der Waals surface area (Å²) in [5.41, 5.74) is 6.82. The second-order valence-electron chi connectivity index (χ2n) is 5.36. The lowest BCUT2D eigenvalue weighted by molar-refractivity contribution is -0.119. The quantitative estimate of drug-likeness (QED) is 0.751. The second kappa shape index (κ2) is 6.06. The lowest BCUT2D eigenvalue weighted by Crippen LogP contribution is -2.23. The molecule has 0 bridgehead atoms. The molecule has 4 heteroatoms. The predicted molar refractivity (Wildman–Crippen MR) is 74.8 cm³/mol. The highest BCUT2D eigenvalue weighted by atomic mass is 16.5. The molecule has 0 radical (unpaired) electrons. The molecule has 1 aliphatic rings. The van der Waals surface area contributed by atoms with E-state index in [9.17, 15) is 4.79 Å². The van der Waals surface area contributed by atoms with Crippen molar-refractivity contribution in [2.75, 3.05) is 13.2 Å². The largest absolute Gasteiger partial charge is 0.484 e. The molecular formula is C15H22N2O2. The van der Waals surface area contributed by atoms with Crippen LogP contribution in [0.5, 0.6) is 5.75 Å². The summed E-state index contributed by atoms with van der Waals surface area (Å²) >= 11 is 0. The van der Waals surface area contributed by atoms with Gasteiger partial charge >= 0.3 is 0 Å². The molecule has 3 N–H and O–H groups in total. The molecule has 104 valence electrons. The normalized spacial score (nSPS) is 16.1. The molecule has 0 aromatic heterocycles. The molecule has 1 aliphatic carbocycles. The van der Waals surface area contributed by atoms with Crippen LogP contribution >= 0.6 is 0 Å². The Bertz CT molecular complexity index is 424. The first kappa shape index (κ1) is 13.9. The Kier molecular flexibility index (Phi) is 4.43. The molecular weight excluding hydrogens is 240 g/mol. The van der Waals surface area contributed by atoms with Crippen LogP contribution in [0.4, 0.5) is 0 Å². The number of amides is 1. The van der Waals surface area contributed by atoms with Crippen LogP contribution in [0.15, 0.2) is 24.3 Å². The van der Waals surface area contributed by atoms with Crippen molar-refractivity contribution in [1.82, 2.24) is 5.32 Å². The molecule has 0 aliphatic heterocycles. The van der Waals surface area contributed by atoms with Gasteiger partial charge in [-0.25, -0.2) is 0 Å². The molecule has 1 aromatic carbocycles. The lowest BCUT2D eigenvalue weighted by atomic mass is 10.0. The van der Waals surface area contributed by atoms with Gasteiger partial charge < -0.3 is 15.8 Å². The lowest BCUT2D eigenvalue weighted by Gasteiger charge is -2.13. The zero-order valence-electron chi connectivity index (χ0n) is 11.4. The van der Waals surface area contributed by atoms with Crippen LogP contribution in [0.3, 0.4) is 0 Å². The van der Waals surface area contributed by atoms with Crippen molar-refractivity contribution in [3.63, 3.8) is 0 Å². The summed E-state index contributed by atoms with van der Waals surface area (Å²) < 4.78 is 5.21. The van der Waals surface area contributed by atoms with E-state index in [1.807, 2.05) is 24.3 Å². The highest BCUT2D eigenvalue weighted by Crippen LogP contribution is 2.47. The van der Waals surface area contributed by atoms with Crippen molar-refractivity contribution in [3.05, 3.63) is 29.8 Å². The van der Waals surface area contributed by atoms with Crippen LogP contribution in [-0.4, -0.2) is 19.1 Å². The third-order valence-corrected chi connectivity index (χ3v) is 3.84. The number of carbonyl (C=O) groups excluding carboxylic acids is 1. The van der Waals surface area contributed by atoms with Crippen LogP contribution in [0.1, 0.15) is 31.7 Å². The van der Waals surface area contributed by atoms with Crippen molar-refractivity contribution < 1.29 is 9.53 Å².